The van der Waals surface area contributed by atoms with E-state index in [1.165, 1.54) is 0 Å². The Morgan fingerprint density at radius 1 is 1.47 bits per heavy atom. The topological polar surface area (TPSA) is 72.9 Å². The van der Waals surface area contributed by atoms with Crippen molar-refractivity contribution in [3.05, 3.63) is 0 Å². The van der Waals surface area contributed by atoms with Crippen LogP contribution >= 0.6 is 0 Å². The molecule has 0 aromatic rings. The van der Waals surface area contributed by atoms with Crippen molar-refractivity contribution < 1.29 is 14.7 Å². The van der Waals surface area contributed by atoms with Gasteiger partial charge in [0.2, 0.25) is 0 Å². The molecule has 1 aliphatic heterocycles. The molecule has 0 bridgehead atoms. The maximum atomic E-state index is 11.9. The fraction of sp³-hybridized carbons (Fsp3) is 0.846. The molecule has 0 saturated carbocycles. The Kier molecular flexibility index (Phi) is 6.62. The highest BCUT2D eigenvalue weighted by molar-refractivity contribution is 5.74. The molecular weight excluding hydrogens is 246 g/mol. The van der Waals surface area contributed by atoms with Crippen LogP contribution in [-0.4, -0.2) is 66.7 Å². The number of carbonyl (C=O) groups excluding carboxylic acids is 1. The predicted molar refractivity (Wildman–Crippen MR) is 73.1 cm³/mol. The molecule has 0 aromatic carbocycles. The molecule has 1 saturated heterocycles. The first-order valence-electron chi connectivity index (χ1n) is 6.96. The van der Waals surface area contributed by atoms with E-state index in [1.807, 2.05) is 7.05 Å². The molecule has 0 spiro atoms. The minimum Gasteiger partial charge on any atom is -0.481 e. The lowest BCUT2D eigenvalue weighted by atomic mass is 10.0. The number of amides is 2. The zero-order chi connectivity index (χ0) is 14.3. The summed E-state index contributed by atoms with van der Waals surface area (Å²) >= 11 is 0. The van der Waals surface area contributed by atoms with Crippen LogP contribution in [0.2, 0.25) is 0 Å². The van der Waals surface area contributed by atoms with E-state index in [-0.39, 0.29) is 12.5 Å². The second-order valence-corrected chi connectivity index (χ2v) is 5.16. The van der Waals surface area contributed by atoms with Gasteiger partial charge in [-0.3, -0.25) is 4.79 Å². The summed E-state index contributed by atoms with van der Waals surface area (Å²) in [7, 11) is 2.02. The van der Waals surface area contributed by atoms with Gasteiger partial charge in [0.05, 0.1) is 0 Å². The molecule has 0 aromatic heterocycles. The summed E-state index contributed by atoms with van der Waals surface area (Å²) in [4.78, 5) is 26.3. The average molecular weight is 271 g/mol. The van der Waals surface area contributed by atoms with Crippen LogP contribution in [0.1, 0.15) is 26.2 Å². The van der Waals surface area contributed by atoms with E-state index in [0.717, 1.165) is 26.1 Å². The highest BCUT2D eigenvalue weighted by Crippen LogP contribution is 2.20. The lowest BCUT2D eigenvalue weighted by molar-refractivity contribution is -0.137. The molecule has 19 heavy (non-hydrogen) atoms. The lowest BCUT2D eigenvalue weighted by Crippen LogP contribution is -2.41. The lowest BCUT2D eigenvalue weighted by Gasteiger charge is -2.19. The van der Waals surface area contributed by atoms with Crippen LogP contribution in [0.4, 0.5) is 4.79 Å². The maximum absolute atomic E-state index is 11.9. The van der Waals surface area contributed by atoms with Crippen molar-refractivity contribution in [1.82, 2.24) is 15.1 Å². The van der Waals surface area contributed by atoms with Gasteiger partial charge in [-0.15, -0.1) is 0 Å². The maximum Gasteiger partial charge on any atom is 0.317 e. The summed E-state index contributed by atoms with van der Waals surface area (Å²) in [6, 6.07) is -0.0256. The molecule has 1 heterocycles. The SMILES string of the molecule is CCN(C)CCNC(=O)N1CCC(CCC(=O)O)C1. The number of carboxylic acids is 1. The molecule has 6 heteroatoms. The molecule has 2 N–H and O–H groups in total. The fourth-order valence-corrected chi connectivity index (χ4v) is 2.20. The van der Waals surface area contributed by atoms with E-state index in [9.17, 15) is 9.59 Å². The number of hydrogen-bond donors (Lipinski definition) is 2. The van der Waals surface area contributed by atoms with E-state index in [1.54, 1.807) is 4.90 Å². The second kappa shape index (κ2) is 7.99. The smallest absolute Gasteiger partial charge is 0.317 e. The Morgan fingerprint density at radius 3 is 2.84 bits per heavy atom. The number of rotatable bonds is 7. The quantitative estimate of drug-likeness (QED) is 0.719. The number of likely N-dealkylation sites (tertiary alicyclic amines) is 1. The van der Waals surface area contributed by atoms with Crippen LogP contribution in [0.25, 0.3) is 0 Å². The van der Waals surface area contributed by atoms with Crippen LogP contribution < -0.4 is 5.32 Å². The second-order valence-electron chi connectivity index (χ2n) is 5.16. The van der Waals surface area contributed by atoms with Gasteiger partial charge in [0.15, 0.2) is 0 Å². The molecular formula is C13H25N3O3. The Morgan fingerprint density at radius 2 is 2.21 bits per heavy atom. The van der Waals surface area contributed by atoms with Crippen LogP contribution in [0.15, 0.2) is 0 Å². The van der Waals surface area contributed by atoms with Gasteiger partial charge < -0.3 is 20.2 Å². The number of nitrogens with zero attached hydrogens (tertiary/aromatic N) is 2. The summed E-state index contributed by atoms with van der Waals surface area (Å²) in [5.74, 6) is -0.425. The number of carboxylic acid groups (broad SMARTS) is 1. The number of urea groups is 1. The van der Waals surface area contributed by atoms with Gasteiger partial charge >= 0.3 is 12.0 Å². The van der Waals surface area contributed by atoms with Gasteiger partial charge in [-0.1, -0.05) is 6.92 Å². The first-order valence-corrected chi connectivity index (χ1v) is 6.96. The third-order valence-electron chi connectivity index (χ3n) is 3.65. The summed E-state index contributed by atoms with van der Waals surface area (Å²) in [5.41, 5.74) is 0. The van der Waals surface area contributed by atoms with E-state index in [2.05, 4.69) is 17.1 Å². The number of aliphatic carboxylic acids is 1. The van der Waals surface area contributed by atoms with E-state index < -0.39 is 5.97 Å². The van der Waals surface area contributed by atoms with E-state index in [0.29, 0.717) is 25.4 Å². The highest BCUT2D eigenvalue weighted by Gasteiger charge is 2.26. The molecule has 2 amide bonds. The average Bonchev–Trinajstić information content (AvgIpc) is 2.84. The van der Waals surface area contributed by atoms with Gasteiger partial charge in [0.25, 0.3) is 0 Å². The summed E-state index contributed by atoms with van der Waals surface area (Å²) in [6.45, 7) is 5.96. The molecule has 1 unspecified atom stereocenters. The van der Waals surface area contributed by atoms with Gasteiger partial charge in [0, 0.05) is 32.6 Å². The van der Waals surface area contributed by atoms with Gasteiger partial charge in [-0.2, -0.15) is 0 Å². The molecule has 1 aliphatic rings. The van der Waals surface area contributed by atoms with Crippen molar-refractivity contribution in [1.29, 1.82) is 0 Å². The normalized spacial score (nSPS) is 18.9. The molecule has 110 valence electrons. The number of nitrogens with one attached hydrogen (secondary N) is 1. The summed E-state index contributed by atoms with van der Waals surface area (Å²) < 4.78 is 0. The number of carbonyl (C=O) groups is 2. The zero-order valence-electron chi connectivity index (χ0n) is 11.9. The van der Waals surface area contributed by atoms with Crippen molar-refractivity contribution in [2.75, 3.05) is 39.8 Å². The number of hydrogen-bond acceptors (Lipinski definition) is 3. The predicted octanol–water partition coefficient (Wildman–Crippen LogP) is 0.834. The van der Waals surface area contributed by atoms with Crippen molar-refractivity contribution in [3.8, 4) is 0 Å². The zero-order valence-corrected chi connectivity index (χ0v) is 11.9. The van der Waals surface area contributed by atoms with Crippen LogP contribution in [0.5, 0.6) is 0 Å². The minimum atomic E-state index is -0.759. The first-order chi connectivity index (χ1) is 9.02. The molecule has 0 aliphatic carbocycles. The first kappa shape index (κ1) is 15.8. The molecule has 1 fully saturated rings. The standard InChI is InChI=1S/C13H25N3O3/c1-3-15(2)9-7-14-13(19)16-8-6-11(10-16)4-5-12(17)18/h11H,3-10H2,1-2H3,(H,14,19)(H,17,18). The Labute approximate surface area is 114 Å². The molecule has 1 rings (SSSR count). The minimum absolute atomic E-state index is 0.0256. The Bertz CT molecular complexity index is 310. The largest absolute Gasteiger partial charge is 0.481 e. The van der Waals surface area contributed by atoms with Crippen molar-refractivity contribution in [2.24, 2.45) is 5.92 Å². The summed E-state index contributed by atoms with van der Waals surface area (Å²) in [6.07, 6.45) is 1.77. The Hall–Kier alpha value is -1.30. The van der Waals surface area contributed by atoms with Crippen LogP contribution in [0.3, 0.4) is 0 Å². The highest BCUT2D eigenvalue weighted by atomic mass is 16.4. The third kappa shape index (κ3) is 5.92. The third-order valence-corrected chi connectivity index (χ3v) is 3.65. The molecule has 0 radical (unpaired) electrons. The van der Waals surface area contributed by atoms with E-state index in [4.69, 9.17) is 5.11 Å². The van der Waals surface area contributed by atoms with Crippen LogP contribution in [-0.2, 0) is 4.79 Å². The van der Waals surface area contributed by atoms with Gasteiger partial charge in [-0.05, 0) is 32.4 Å². The van der Waals surface area contributed by atoms with Crippen molar-refractivity contribution in [2.45, 2.75) is 26.2 Å². The fourth-order valence-electron chi connectivity index (χ4n) is 2.20. The summed E-state index contributed by atoms with van der Waals surface area (Å²) in [5, 5.41) is 11.5. The molecule has 1 atom stereocenters. The molecule has 6 nitrogen and oxygen atoms in total. The number of likely N-dealkylation sites (N-methyl/N-ethyl adjacent to an activating group) is 1. The van der Waals surface area contributed by atoms with Crippen LogP contribution in [0, 0.1) is 5.92 Å². The van der Waals surface area contributed by atoms with Gasteiger partial charge in [0.1, 0.15) is 0 Å². The van der Waals surface area contributed by atoms with Crippen molar-refractivity contribution >= 4 is 12.0 Å². The Balaban J connectivity index is 2.18. The van der Waals surface area contributed by atoms with Gasteiger partial charge in [-0.25, -0.2) is 4.79 Å². The van der Waals surface area contributed by atoms with E-state index >= 15 is 0 Å². The van der Waals surface area contributed by atoms with Crippen molar-refractivity contribution in [3.63, 3.8) is 0 Å². The monoisotopic (exact) mass is 271 g/mol.